The van der Waals surface area contributed by atoms with Crippen molar-refractivity contribution < 1.29 is 9.47 Å². The van der Waals surface area contributed by atoms with Crippen LogP contribution in [0, 0.1) is 23.7 Å². The third-order valence-corrected chi connectivity index (χ3v) is 3.26. The third kappa shape index (κ3) is 2.24. The molecule has 0 N–H and O–H groups in total. The minimum absolute atomic E-state index is 0.412. The standard InChI is InChI=1S/C13H14ClNO2/c1-9-3-11(14)4-10(12(9)16-2)5-13(6-15)7-17-8-13/h3-4H,5,7-8H2,1-2H3. The predicted molar refractivity (Wildman–Crippen MR) is 65.3 cm³/mol. The summed E-state index contributed by atoms with van der Waals surface area (Å²) in [4.78, 5) is 0. The lowest BCUT2D eigenvalue weighted by atomic mass is 9.81. The van der Waals surface area contributed by atoms with Crippen LogP contribution in [-0.4, -0.2) is 20.3 Å². The maximum Gasteiger partial charge on any atom is 0.125 e. The lowest BCUT2D eigenvalue weighted by Crippen LogP contribution is -2.43. The molecule has 90 valence electrons. The number of nitrogens with zero attached hydrogens (tertiary/aromatic N) is 1. The Labute approximate surface area is 106 Å². The van der Waals surface area contributed by atoms with Crippen molar-refractivity contribution in [2.45, 2.75) is 13.3 Å². The van der Waals surface area contributed by atoms with Crippen molar-refractivity contribution in [3.63, 3.8) is 0 Å². The molecule has 1 aromatic carbocycles. The molecule has 4 heteroatoms. The highest BCUT2D eigenvalue weighted by Gasteiger charge is 2.39. The number of aryl methyl sites for hydroxylation is 1. The quantitative estimate of drug-likeness (QED) is 0.830. The maximum atomic E-state index is 9.20. The van der Waals surface area contributed by atoms with Gasteiger partial charge in [-0.15, -0.1) is 0 Å². The second kappa shape index (κ2) is 4.56. The van der Waals surface area contributed by atoms with E-state index in [2.05, 4.69) is 6.07 Å². The number of hydrogen-bond donors (Lipinski definition) is 0. The molecule has 0 radical (unpaired) electrons. The molecule has 1 aliphatic rings. The smallest absolute Gasteiger partial charge is 0.125 e. The molecule has 0 amide bonds. The number of rotatable bonds is 3. The third-order valence-electron chi connectivity index (χ3n) is 3.04. The molecule has 0 spiro atoms. The van der Waals surface area contributed by atoms with Gasteiger partial charge in [0.15, 0.2) is 0 Å². The average molecular weight is 252 g/mol. The fourth-order valence-electron chi connectivity index (χ4n) is 2.14. The molecule has 1 aliphatic heterocycles. The molecule has 1 fully saturated rings. The zero-order valence-corrected chi connectivity index (χ0v) is 10.7. The Morgan fingerprint density at radius 2 is 2.24 bits per heavy atom. The van der Waals surface area contributed by atoms with E-state index < -0.39 is 5.41 Å². The van der Waals surface area contributed by atoms with Crippen LogP contribution < -0.4 is 4.74 Å². The molecule has 1 aromatic rings. The van der Waals surface area contributed by atoms with Crippen LogP contribution in [0.25, 0.3) is 0 Å². The summed E-state index contributed by atoms with van der Waals surface area (Å²) in [5.41, 5.74) is 1.55. The average Bonchev–Trinajstić information content (AvgIpc) is 2.23. The summed E-state index contributed by atoms with van der Waals surface area (Å²) in [6.45, 7) is 2.92. The largest absolute Gasteiger partial charge is 0.496 e. The molecule has 0 aromatic heterocycles. The second-order valence-corrected chi connectivity index (χ2v) is 4.91. The van der Waals surface area contributed by atoms with Crippen LogP contribution >= 0.6 is 11.6 Å². The van der Waals surface area contributed by atoms with Crippen LogP contribution in [0.3, 0.4) is 0 Å². The first-order valence-corrected chi connectivity index (χ1v) is 5.80. The Kier molecular flexibility index (Phi) is 3.28. The van der Waals surface area contributed by atoms with E-state index in [1.165, 1.54) is 0 Å². The first-order chi connectivity index (χ1) is 8.10. The van der Waals surface area contributed by atoms with Gasteiger partial charge in [0.2, 0.25) is 0 Å². The summed E-state index contributed by atoms with van der Waals surface area (Å²) < 4.78 is 10.5. The van der Waals surface area contributed by atoms with Crippen molar-refractivity contribution in [2.24, 2.45) is 5.41 Å². The van der Waals surface area contributed by atoms with Crippen LogP contribution in [0.15, 0.2) is 12.1 Å². The van der Waals surface area contributed by atoms with Crippen LogP contribution in [0.1, 0.15) is 11.1 Å². The van der Waals surface area contributed by atoms with Crippen molar-refractivity contribution in [3.8, 4) is 11.8 Å². The predicted octanol–water partition coefficient (Wildman–Crippen LogP) is 2.74. The van der Waals surface area contributed by atoms with Gasteiger partial charge in [-0.3, -0.25) is 0 Å². The monoisotopic (exact) mass is 251 g/mol. The topological polar surface area (TPSA) is 42.2 Å². The van der Waals surface area contributed by atoms with Crippen LogP contribution in [-0.2, 0) is 11.2 Å². The maximum absolute atomic E-state index is 9.20. The normalized spacial score (nSPS) is 17.1. The molecule has 0 bridgehead atoms. The van der Waals surface area contributed by atoms with Gasteiger partial charge in [0.1, 0.15) is 11.2 Å². The highest BCUT2D eigenvalue weighted by molar-refractivity contribution is 6.30. The van der Waals surface area contributed by atoms with Gasteiger partial charge >= 0.3 is 0 Å². The molecule has 17 heavy (non-hydrogen) atoms. The lowest BCUT2D eigenvalue weighted by Gasteiger charge is -2.35. The second-order valence-electron chi connectivity index (χ2n) is 4.48. The molecule has 1 saturated heterocycles. The lowest BCUT2D eigenvalue weighted by molar-refractivity contribution is -0.0767. The number of nitriles is 1. The Bertz CT molecular complexity index is 475. The van der Waals surface area contributed by atoms with Crippen molar-refractivity contribution in [1.29, 1.82) is 5.26 Å². The summed E-state index contributed by atoms with van der Waals surface area (Å²) in [5.74, 6) is 0.816. The fraction of sp³-hybridized carbons (Fsp3) is 0.462. The Balaban J connectivity index is 2.35. The minimum Gasteiger partial charge on any atom is -0.496 e. The zero-order valence-electron chi connectivity index (χ0n) is 9.92. The van der Waals surface area contributed by atoms with Gasteiger partial charge in [-0.1, -0.05) is 11.6 Å². The van der Waals surface area contributed by atoms with E-state index in [9.17, 15) is 5.26 Å². The van der Waals surface area contributed by atoms with E-state index in [4.69, 9.17) is 21.1 Å². The van der Waals surface area contributed by atoms with Gasteiger partial charge in [-0.2, -0.15) is 5.26 Å². The van der Waals surface area contributed by atoms with Gasteiger partial charge in [-0.05, 0) is 36.6 Å². The Hall–Kier alpha value is -1.24. The van der Waals surface area contributed by atoms with Crippen LogP contribution in [0.5, 0.6) is 5.75 Å². The van der Waals surface area contributed by atoms with Gasteiger partial charge < -0.3 is 9.47 Å². The minimum atomic E-state index is -0.412. The highest BCUT2D eigenvalue weighted by atomic mass is 35.5. The first-order valence-electron chi connectivity index (χ1n) is 5.42. The zero-order chi connectivity index (χ0) is 12.5. The van der Waals surface area contributed by atoms with Crippen molar-refractivity contribution in [1.82, 2.24) is 0 Å². The molecular formula is C13H14ClNO2. The summed E-state index contributed by atoms with van der Waals surface area (Å²) >= 11 is 6.04. The summed E-state index contributed by atoms with van der Waals surface area (Å²) in [7, 11) is 1.63. The number of benzene rings is 1. The Morgan fingerprint density at radius 1 is 1.53 bits per heavy atom. The molecule has 1 heterocycles. The van der Waals surface area contributed by atoms with E-state index >= 15 is 0 Å². The molecule has 2 rings (SSSR count). The van der Waals surface area contributed by atoms with Crippen LogP contribution in [0.4, 0.5) is 0 Å². The van der Waals surface area contributed by atoms with E-state index in [1.807, 2.05) is 19.1 Å². The molecule has 3 nitrogen and oxygen atoms in total. The van der Waals surface area contributed by atoms with Gasteiger partial charge in [0.05, 0.1) is 26.4 Å². The van der Waals surface area contributed by atoms with Gasteiger partial charge in [0.25, 0.3) is 0 Å². The number of methoxy groups -OCH3 is 1. The molecule has 0 aliphatic carbocycles. The molecule has 0 unspecified atom stereocenters. The van der Waals surface area contributed by atoms with E-state index in [1.54, 1.807) is 7.11 Å². The van der Waals surface area contributed by atoms with Gasteiger partial charge in [0, 0.05) is 5.02 Å². The molecule has 0 saturated carbocycles. The summed E-state index contributed by atoms with van der Waals surface area (Å²) in [6.07, 6.45) is 0.619. The van der Waals surface area contributed by atoms with Crippen molar-refractivity contribution in [3.05, 3.63) is 28.3 Å². The van der Waals surface area contributed by atoms with E-state index in [0.717, 1.165) is 16.9 Å². The molecule has 0 atom stereocenters. The number of halogens is 1. The highest BCUT2D eigenvalue weighted by Crippen LogP contribution is 2.36. The van der Waals surface area contributed by atoms with E-state index in [0.29, 0.717) is 24.7 Å². The summed E-state index contributed by atoms with van der Waals surface area (Å²) in [6, 6.07) is 6.06. The van der Waals surface area contributed by atoms with Crippen LogP contribution in [0.2, 0.25) is 5.02 Å². The number of hydrogen-bond acceptors (Lipinski definition) is 3. The van der Waals surface area contributed by atoms with Gasteiger partial charge in [-0.25, -0.2) is 0 Å². The van der Waals surface area contributed by atoms with E-state index in [-0.39, 0.29) is 0 Å². The Morgan fingerprint density at radius 3 is 2.71 bits per heavy atom. The molecular weight excluding hydrogens is 238 g/mol. The van der Waals surface area contributed by atoms with Crippen molar-refractivity contribution >= 4 is 11.6 Å². The summed E-state index contributed by atoms with van der Waals surface area (Å²) in [5, 5.41) is 9.87. The number of ether oxygens (including phenoxy) is 2. The SMILES string of the molecule is COc1c(C)cc(Cl)cc1CC1(C#N)COC1. The van der Waals surface area contributed by atoms with Crippen molar-refractivity contribution in [2.75, 3.05) is 20.3 Å². The fourth-order valence-corrected chi connectivity index (χ4v) is 2.44. The first kappa shape index (κ1) is 12.2.